The van der Waals surface area contributed by atoms with Crippen molar-refractivity contribution in [3.05, 3.63) is 0 Å². The van der Waals surface area contributed by atoms with E-state index in [2.05, 4.69) is 25.3 Å². The highest BCUT2D eigenvalue weighted by Gasteiger charge is 2.07. The van der Waals surface area contributed by atoms with Crippen molar-refractivity contribution < 1.29 is 14.9 Å². The fourth-order valence-corrected chi connectivity index (χ4v) is 0.654. The second kappa shape index (κ2) is 7.24. The number of aliphatic hydroxyl groups is 2. The zero-order valence-electron chi connectivity index (χ0n) is 6.18. The lowest BCUT2D eigenvalue weighted by atomic mass is 10.4. The summed E-state index contributed by atoms with van der Waals surface area (Å²) >= 11 is 8.11. The number of thiol groups is 2. The first-order chi connectivity index (χ1) is 5.24. The monoisotopic (exact) mass is 198 g/mol. The summed E-state index contributed by atoms with van der Waals surface area (Å²) in [5.74, 6) is 0.618. The number of aliphatic hydroxyl groups excluding tert-OH is 2. The van der Waals surface area contributed by atoms with Crippen molar-refractivity contribution in [1.29, 1.82) is 0 Å². The van der Waals surface area contributed by atoms with Gasteiger partial charge in [-0.25, -0.2) is 0 Å². The fourth-order valence-electron chi connectivity index (χ4n) is 0.463. The molecule has 0 amide bonds. The molecule has 0 aromatic heterocycles. The number of hydrogen-bond acceptors (Lipinski definition) is 5. The molecule has 0 aliphatic heterocycles. The first-order valence-corrected chi connectivity index (χ1v) is 4.51. The Kier molecular flexibility index (Phi) is 7.62. The minimum absolute atomic E-state index is 0.0546. The normalized spacial score (nSPS) is 13.9. The zero-order chi connectivity index (χ0) is 8.69. The van der Waals surface area contributed by atoms with Crippen LogP contribution in [0.2, 0.25) is 0 Å². The SMILES string of the molecule is OCC(CO)OCC(S)CS. The summed E-state index contributed by atoms with van der Waals surface area (Å²) in [4.78, 5) is 0. The maximum absolute atomic E-state index is 8.58. The van der Waals surface area contributed by atoms with E-state index in [0.29, 0.717) is 12.4 Å². The topological polar surface area (TPSA) is 49.7 Å². The molecule has 1 atom stereocenters. The van der Waals surface area contributed by atoms with Crippen molar-refractivity contribution in [1.82, 2.24) is 0 Å². The minimum atomic E-state index is -0.482. The molecule has 0 heterocycles. The van der Waals surface area contributed by atoms with Gasteiger partial charge in [-0.1, -0.05) is 0 Å². The van der Waals surface area contributed by atoms with E-state index < -0.39 is 6.10 Å². The van der Waals surface area contributed by atoms with E-state index in [1.165, 1.54) is 0 Å². The molecule has 0 radical (unpaired) electrons. The predicted octanol–water partition coefficient (Wildman–Crippen LogP) is -0.416. The zero-order valence-corrected chi connectivity index (χ0v) is 7.97. The molecule has 5 heteroatoms. The summed E-state index contributed by atoms with van der Waals surface area (Å²) in [5, 5.41) is 17.2. The van der Waals surface area contributed by atoms with Gasteiger partial charge in [0.05, 0.1) is 19.8 Å². The number of ether oxygens (including phenoxy) is 1. The minimum Gasteiger partial charge on any atom is -0.394 e. The Balaban J connectivity index is 3.34. The first-order valence-electron chi connectivity index (χ1n) is 3.36. The van der Waals surface area contributed by atoms with Crippen LogP contribution in [0.15, 0.2) is 0 Å². The standard InChI is InChI=1S/C6H14O3S2/c7-1-5(2-8)9-3-6(11)4-10/h5-8,10-11H,1-4H2. The Hall–Kier alpha value is 0.580. The molecular formula is C6H14O3S2. The van der Waals surface area contributed by atoms with Gasteiger partial charge in [-0.3, -0.25) is 0 Å². The predicted molar refractivity (Wildman–Crippen MR) is 50.5 cm³/mol. The van der Waals surface area contributed by atoms with Crippen LogP contribution in [0.4, 0.5) is 0 Å². The van der Waals surface area contributed by atoms with Crippen LogP contribution in [0.3, 0.4) is 0 Å². The molecule has 0 spiro atoms. The molecule has 0 aromatic carbocycles. The van der Waals surface area contributed by atoms with E-state index in [4.69, 9.17) is 14.9 Å². The Morgan fingerprint density at radius 3 is 2.18 bits per heavy atom. The molecule has 0 aromatic rings. The summed E-state index contributed by atoms with van der Waals surface area (Å²) in [6.45, 7) is 0.0749. The van der Waals surface area contributed by atoms with Gasteiger partial charge < -0.3 is 14.9 Å². The van der Waals surface area contributed by atoms with Crippen LogP contribution in [-0.4, -0.2) is 47.1 Å². The molecule has 0 rings (SSSR count). The summed E-state index contributed by atoms with van der Waals surface area (Å²) in [6, 6.07) is 0. The molecule has 0 fully saturated rings. The number of hydrogen-bond donors (Lipinski definition) is 4. The molecule has 68 valence electrons. The molecule has 0 saturated heterocycles. The molecule has 2 N–H and O–H groups in total. The van der Waals surface area contributed by atoms with Crippen LogP contribution in [0.5, 0.6) is 0 Å². The molecule has 0 aliphatic rings. The lowest BCUT2D eigenvalue weighted by Crippen LogP contribution is -2.25. The van der Waals surface area contributed by atoms with Crippen molar-refractivity contribution in [2.45, 2.75) is 11.4 Å². The highest BCUT2D eigenvalue weighted by Crippen LogP contribution is 2.00. The Bertz CT molecular complexity index is 87.9. The van der Waals surface area contributed by atoms with E-state index >= 15 is 0 Å². The Morgan fingerprint density at radius 1 is 1.27 bits per heavy atom. The Morgan fingerprint density at radius 2 is 1.82 bits per heavy atom. The maximum Gasteiger partial charge on any atom is 0.104 e. The number of rotatable bonds is 6. The van der Waals surface area contributed by atoms with E-state index in [0.717, 1.165) is 0 Å². The highest BCUT2D eigenvalue weighted by molar-refractivity contribution is 7.84. The first kappa shape index (κ1) is 11.6. The van der Waals surface area contributed by atoms with Crippen LogP contribution < -0.4 is 0 Å². The quantitative estimate of drug-likeness (QED) is 0.439. The van der Waals surface area contributed by atoms with Crippen LogP contribution >= 0.6 is 25.3 Å². The molecule has 11 heavy (non-hydrogen) atoms. The third-order valence-electron chi connectivity index (χ3n) is 1.14. The highest BCUT2D eigenvalue weighted by atomic mass is 32.1. The van der Waals surface area contributed by atoms with Gasteiger partial charge in [-0.15, -0.1) is 0 Å². The summed E-state index contributed by atoms with van der Waals surface area (Å²) in [6.07, 6.45) is -0.482. The van der Waals surface area contributed by atoms with E-state index in [9.17, 15) is 0 Å². The van der Waals surface area contributed by atoms with Crippen molar-refractivity contribution >= 4 is 25.3 Å². The van der Waals surface area contributed by atoms with Crippen LogP contribution in [0, 0.1) is 0 Å². The van der Waals surface area contributed by atoms with E-state index in [1.54, 1.807) is 0 Å². The van der Waals surface area contributed by atoms with Crippen LogP contribution in [0.1, 0.15) is 0 Å². The largest absolute Gasteiger partial charge is 0.394 e. The van der Waals surface area contributed by atoms with Gasteiger partial charge in [0.15, 0.2) is 0 Å². The van der Waals surface area contributed by atoms with Crippen LogP contribution in [0.25, 0.3) is 0 Å². The van der Waals surface area contributed by atoms with Crippen molar-refractivity contribution in [3.63, 3.8) is 0 Å². The van der Waals surface area contributed by atoms with Gasteiger partial charge in [-0.2, -0.15) is 25.3 Å². The summed E-state index contributed by atoms with van der Waals surface area (Å²) in [5.41, 5.74) is 0. The second-order valence-corrected chi connectivity index (χ2v) is 3.25. The summed E-state index contributed by atoms with van der Waals surface area (Å²) < 4.78 is 5.07. The van der Waals surface area contributed by atoms with E-state index in [-0.39, 0.29) is 18.5 Å². The van der Waals surface area contributed by atoms with Gasteiger partial charge in [0, 0.05) is 11.0 Å². The van der Waals surface area contributed by atoms with Gasteiger partial charge in [-0.05, 0) is 0 Å². The maximum atomic E-state index is 8.58. The van der Waals surface area contributed by atoms with Crippen LogP contribution in [-0.2, 0) is 4.74 Å². The molecule has 0 saturated carbocycles. The third kappa shape index (κ3) is 5.81. The second-order valence-electron chi connectivity index (χ2n) is 2.16. The lowest BCUT2D eigenvalue weighted by Gasteiger charge is -2.14. The van der Waals surface area contributed by atoms with Gasteiger partial charge in [0.1, 0.15) is 6.10 Å². The molecule has 1 unspecified atom stereocenters. The Labute approximate surface area is 77.6 Å². The van der Waals surface area contributed by atoms with Gasteiger partial charge in [0.25, 0.3) is 0 Å². The average molecular weight is 198 g/mol. The molecule has 0 bridgehead atoms. The third-order valence-corrected chi connectivity index (χ3v) is 2.20. The summed E-state index contributed by atoms with van der Waals surface area (Å²) in [7, 11) is 0. The molecule has 3 nitrogen and oxygen atoms in total. The van der Waals surface area contributed by atoms with Crippen molar-refractivity contribution in [2.75, 3.05) is 25.6 Å². The lowest BCUT2D eigenvalue weighted by molar-refractivity contribution is -0.0174. The smallest absolute Gasteiger partial charge is 0.104 e. The van der Waals surface area contributed by atoms with Gasteiger partial charge >= 0.3 is 0 Å². The molecule has 0 aliphatic carbocycles. The van der Waals surface area contributed by atoms with Crippen molar-refractivity contribution in [2.24, 2.45) is 0 Å². The fraction of sp³-hybridized carbons (Fsp3) is 1.00. The van der Waals surface area contributed by atoms with Gasteiger partial charge in [0.2, 0.25) is 0 Å². The molecular weight excluding hydrogens is 184 g/mol. The average Bonchev–Trinajstić information content (AvgIpc) is 2.06. The van der Waals surface area contributed by atoms with E-state index in [1.807, 2.05) is 0 Å². The van der Waals surface area contributed by atoms with Crippen molar-refractivity contribution in [3.8, 4) is 0 Å².